The minimum Gasteiger partial charge on any atom is -0.467 e. The van der Waals surface area contributed by atoms with E-state index in [-0.39, 0.29) is 12.1 Å². The summed E-state index contributed by atoms with van der Waals surface area (Å²) in [4.78, 5) is 24.9. The van der Waals surface area contributed by atoms with Gasteiger partial charge in [-0.3, -0.25) is 4.90 Å². The van der Waals surface area contributed by atoms with Crippen LogP contribution in [0, 0.1) is 0 Å². The van der Waals surface area contributed by atoms with Gasteiger partial charge in [-0.1, -0.05) is 19.6 Å². The molecule has 18 heavy (non-hydrogen) atoms. The predicted molar refractivity (Wildman–Crippen MR) is 71.2 cm³/mol. The van der Waals surface area contributed by atoms with Crippen molar-refractivity contribution in [2.24, 2.45) is 0 Å². The van der Waals surface area contributed by atoms with Crippen molar-refractivity contribution in [3.63, 3.8) is 0 Å². The van der Waals surface area contributed by atoms with Crippen molar-refractivity contribution in [3.05, 3.63) is 0 Å². The third-order valence-corrected chi connectivity index (χ3v) is 4.74. The summed E-state index contributed by atoms with van der Waals surface area (Å²) in [5.74, 6) is -0.352. The summed E-state index contributed by atoms with van der Waals surface area (Å²) in [6.07, 6.45) is 1.10. The van der Waals surface area contributed by atoms with Crippen molar-refractivity contribution in [2.75, 3.05) is 20.3 Å². The molecule has 1 rings (SSSR count). The molecule has 0 N–H and O–H groups in total. The molecule has 0 aromatic heterocycles. The molecular weight excluding hydrogens is 250 g/mol. The molecule has 5 nitrogen and oxygen atoms in total. The Hall–Kier alpha value is -1.04. The van der Waals surface area contributed by atoms with Gasteiger partial charge in [0.2, 0.25) is 0 Å². The van der Waals surface area contributed by atoms with Crippen molar-refractivity contribution < 1.29 is 19.1 Å². The highest BCUT2D eigenvalue weighted by Gasteiger charge is 2.35. The van der Waals surface area contributed by atoms with Crippen LogP contribution >= 0.6 is 0 Å². The topological polar surface area (TPSA) is 55.8 Å². The monoisotopic (exact) mass is 273 g/mol. The van der Waals surface area contributed by atoms with Gasteiger partial charge in [-0.15, -0.1) is 0 Å². The summed E-state index contributed by atoms with van der Waals surface area (Å²) in [5.41, 5.74) is 0. The molecule has 1 saturated heterocycles. The molecule has 1 unspecified atom stereocenters. The first-order valence-electron chi connectivity index (χ1n) is 6.36. The molecule has 0 radical (unpaired) electrons. The predicted octanol–water partition coefficient (Wildman–Crippen LogP) is 2.10. The molecule has 1 aliphatic heterocycles. The maximum absolute atomic E-state index is 11.9. The van der Waals surface area contributed by atoms with Gasteiger partial charge in [-0.05, 0) is 18.9 Å². The van der Waals surface area contributed by atoms with E-state index in [1.807, 2.05) is 0 Å². The number of carbonyl (C=O) groups is 2. The Bertz CT molecular complexity index is 314. The number of hydrogen-bond donors (Lipinski definition) is 0. The van der Waals surface area contributed by atoms with Crippen LogP contribution in [-0.4, -0.2) is 51.3 Å². The van der Waals surface area contributed by atoms with Gasteiger partial charge in [0.1, 0.15) is 6.04 Å². The van der Waals surface area contributed by atoms with E-state index in [0.29, 0.717) is 19.6 Å². The summed E-state index contributed by atoms with van der Waals surface area (Å²) in [7, 11) is 0.146. The smallest absolute Gasteiger partial charge is 0.410 e. The SMILES string of the molecule is COC(=O)C1CCCN1C(=O)OCC[Si](C)(C)C. The molecule has 0 aromatic rings. The Labute approximate surface area is 109 Å². The van der Waals surface area contributed by atoms with Crippen LogP contribution in [0.3, 0.4) is 0 Å². The molecule has 1 atom stereocenters. The van der Waals surface area contributed by atoms with Crippen LogP contribution in [0.4, 0.5) is 4.79 Å². The normalized spacial score (nSPS) is 19.8. The molecule has 104 valence electrons. The molecule has 0 aromatic carbocycles. The van der Waals surface area contributed by atoms with Crippen molar-refractivity contribution in [1.82, 2.24) is 4.90 Å². The molecular formula is C12H23NO4Si. The zero-order valence-corrected chi connectivity index (χ0v) is 12.7. The fourth-order valence-electron chi connectivity index (χ4n) is 1.89. The third kappa shape index (κ3) is 4.32. The van der Waals surface area contributed by atoms with Gasteiger partial charge in [-0.2, -0.15) is 0 Å². The highest BCUT2D eigenvalue weighted by atomic mass is 28.3. The lowest BCUT2D eigenvalue weighted by molar-refractivity contribution is -0.145. The third-order valence-electron chi connectivity index (χ3n) is 3.04. The average molecular weight is 273 g/mol. The Morgan fingerprint density at radius 2 is 2.00 bits per heavy atom. The summed E-state index contributed by atoms with van der Waals surface area (Å²) < 4.78 is 9.93. The summed E-state index contributed by atoms with van der Waals surface area (Å²) in [6, 6.07) is 0.476. The lowest BCUT2D eigenvalue weighted by Crippen LogP contribution is -2.41. The van der Waals surface area contributed by atoms with Crippen molar-refractivity contribution in [1.29, 1.82) is 0 Å². The van der Waals surface area contributed by atoms with Gasteiger partial charge in [-0.25, -0.2) is 9.59 Å². The molecule has 0 bridgehead atoms. The maximum Gasteiger partial charge on any atom is 0.410 e. The Morgan fingerprint density at radius 1 is 1.33 bits per heavy atom. The van der Waals surface area contributed by atoms with Gasteiger partial charge < -0.3 is 9.47 Å². The second kappa shape index (κ2) is 6.22. The average Bonchev–Trinajstić information content (AvgIpc) is 2.75. The van der Waals surface area contributed by atoms with Crippen molar-refractivity contribution >= 4 is 20.1 Å². The second-order valence-corrected chi connectivity index (χ2v) is 11.4. The summed E-state index contributed by atoms with van der Waals surface area (Å²) >= 11 is 0. The molecule has 1 amide bonds. The quantitative estimate of drug-likeness (QED) is 0.581. The van der Waals surface area contributed by atoms with E-state index >= 15 is 0 Å². The Kier molecular flexibility index (Phi) is 5.19. The first-order chi connectivity index (χ1) is 8.35. The Morgan fingerprint density at radius 3 is 2.56 bits per heavy atom. The number of esters is 1. The number of methoxy groups -OCH3 is 1. The highest BCUT2D eigenvalue weighted by Crippen LogP contribution is 2.19. The highest BCUT2D eigenvalue weighted by molar-refractivity contribution is 6.76. The molecule has 0 spiro atoms. The fraction of sp³-hybridized carbons (Fsp3) is 0.833. The number of amides is 1. The van der Waals surface area contributed by atoms with E-state index in [9.17, 15) is 9.59 Å². The minimum absolute atomic E-state index is 0.352. The van der Waals surface area contributed by atoms with E-state index in [1.54, 1.807) is 0 Å². The van der Waals surface area contributed by atoms with Crippen LogP contribution < -0.4 is 0 Å². The minimum atomic E-state index is -1.20. The standard InChI is InChI=1S/C12H23NO4Si/c1-16-11(14)10-6-5-7-13(10)12(15)17-8-9-18(2,3)4/h10H,5-9H2,1-4H3. The van der Waals surface area contributed by atoms with E-state index in [0.717, 1.165) is 12.5 Å². The number of hydrogen-bond acceptors (Lipinski definition) is 4. The van der Waals surface area contributed by atoms with Crippen LogP contribution in [0.1, 0.15) is 12.8 Å². The zero-order chi connectivity index (χ0) is 13.8. The lowest BCUT2D eigenvalue weighted by Gasteiger charge is -2.23. The number of ether oxygens (including phenoxy) is 2. The fourth-order valence-corrected chi connectivity index (χ4v) is 2.61. The van der Waals surface area contributed by atoms with E-state index < -0.39 is 14.1 Å². The first-order valence-corrected chi connectivity index (χ1v) is 10.1. The summed E-state index contributed by atoms with van der Waals surface area (Å²) in [5, 5.41) is 0. The molecule has 0 aliphatic carbocycles. The van der Waals surface area contributed by atoms with Crippen molar-refractivity contribution in [3.8, 4) is 0 Å². The van der Waals surface area contributed by atoms with Gasteiger partial charge in [0.25, 0.3) is 0 Å². The number of rotatable bonds is 4. The molecule has 1 aliphatic rings. The molecule has 0 saturated carbocycles. The molecule has 1 fully saturated rings. The van der Waals surface area contributed by atoms with Gasteiger partial charge in [0.15, 0.2) is 0 Å². The van der Waals surface area contributed by atoms with Crippen LogP contribution in [0.2, 0.25) is 25.7 Å². The largest absolute Gasteiger partial charge is 0.467 e. The van der Waals surface area contributed by atoms with Gasteiger partial charge in [0, 0.05) is 14.6 Å². The zero-order valence-electron chi connectivity index (χ0n) is 11.7. The van der Waals surface area contributed by atoms with E-state index in [4.69, 9.17) is 9.47 Å². The van der Waals surface area contributed by atoms with Crippen LogP contribution in [0.25, 0.3) is 0 Å². The van der Waals surface area contributed by atoms with Gasteiger partial charge >= 0.3 is 12.1 Å². The number of likely N-dealkylation sites (tertiary alicyclic amines) is 1. The van der Waals surface area contributed by atoms with E-state index in [1.165, 1.54) is 12.0 Å². The maximum atomic E-state index is 11.9. The van der Waals surface area contributed by atoms with Crippen LogP contribution in [-0.2, 0) is 14.3 Å². The Balaban J connectivity index is 2.43. The molecule has 6 heteroatoms. The summed E-state index contributed by atoms with van der Waals surface area (Å²) in [6.45, 7) is 7.71. The van der Waals surface area contributed by atoms with Crippen LogP contribution in [0.5, 0.6) is 0 Å². The second-order valence-electron chi connectivity index (χ2n) is 5.80. The van der Waals surface area contributed by atoms with Crippen LogP contribution in [0.15, 0.2) is 0 Å². The van der Waals surface area contributed by atoms with Gasteiger partial charge in [0.05, 0.1) is 13.7 Å². The van der Waals surface area contributed by atoms with Crippen molar-refractivity contribution in [2.45, 2.75) is 44.6 Å². The first kappa shape index (κ1) is 15.0. The number of carbonyl (C=O) groups excluding carboxylic acids is 2. The lowest BCUT2D eigenvalue weighted by atomic mass is 10.2. The molecule has 1 heterocycles. The number of nitrogens with zero attached hydrogens (tertiary/aromatic N) is 1. The van der Waals surface area contributed by atoms with E-state index in [2.05, 4.69) is 19.6 Å².